The summed E-state index contributed by atoms with van der Waals surface area (Å²) in [5, 5.41) is 3.63. The lowest BCUT2D eigenvalue weighted by atomic mass is 10.1. The Morgan fingerprint density at radius 2 is 1.93 bits per heavy atom. The fraction of sp³-hybridized carbons (Fsp3) is 0.333. The van der Waals surface area contributed by atoms with E-state index in [9.17, 15) is 14.0 Å². The topological polar surface area (TPSA) is 49.4 Å². The SMILES string of the molecule is CCNC(=O)C(C)N(Cc1cccc(Cl)c1)C(=O)CSCc1c(F)cccc1Cl. The number of nitrogens with zero attached hydrogens (tertiary/aromatic N) is 1. The van der Waals surface area contributed by atoms with Gasteiger partial charge in [0.1, 0.15) is 11.9 Å². The van der Waals surface area contributed by atoms with Crippen LogP contribution in [0, 0.1) is 5.82 Å². The molecule has 0 spiro atoms. The lowest BCUT2D eigenvalue weighted by Gasteiger charge is -2.28. The van der Waals surface area contributed by atoms with Crippen LogP contribution in [0.1, 0.15) is 25.0 Å². The number of carbonyl (C=O) groups is 2. The molecule has 0 fully saturated rings. The molecule has 0 aliphatic heterocycles. The minimum Gasteiger partial charge on any atom is -0.355 e. The van der Waals surface area contributed by atoms with Gasteiger partial charge in [-0.3, -0.25) is 9.59 Å². The molecule has 29 heavy (non-hydrogen) atoms. The van der Waals surface area contributed by atoms with Gasteiger partial charge in [-0.05, 0) is 43.7 Å². The maximum Gasteiger partial charge on any atom is 0.242 e. The predicted molar refractivity (Wildman–Crippen MR) is 118 cm³/mol. The third-order valence-corrected chi connectivity index (χ3v) is 5.83. The van der Waals surface area contributed by atoms with Crippen LogP contribution in [0.5, 0.6) is 0 Å². The number of nitrogens with one attached hydrogen (secondary N) is 1. The summed E-state index contributed by atoms with van der Waals surface area (Å²) < 4.78 is 13.9. The Morgan fingerprint density at radius 3 is 2.59 bits per heavy atom. The second-order valence-electron chi connectivity index (χ2n) is 6.42. The highest BCUT2D eigenvalue weighted by molar-refractivity contribution is 7.99. The molecule has 4 nitrogen and oxygen atoms in total. The highest BCUT2D eigenvalue weighted by Crippen LogP contribution is 2.24. The lowest BCUT2D eigenvalue weighted by Crippen LogP contribution is -2.48. The van der Waals surface area contributed by atoms with Gasteiger partial charge in [0.15, 0.2) is 0 Å². The molecule has 0 radical (unpaired) electrons. The normalized spacial score (nSPS) is 11.8. The summed E-state index contributed by atoms with van der Waals surface area (Å²) in [6.45, 7) is 4.23. The van der Waals surface area contributed by atoms with Gasteiger partial charge in [0.2, 0.25) is 11.8 Å². The largest absolute Gasteiger partial charge is 0.355 e. The van der Waals surface area contributed by atoms with Crippen molar-refractivity contribution >= 4 is 46.8 Å². The number of thioether (sulfide) groups is 1. The first-order valence-electron chi connectivity index (χ1n) is 9.15. The van der Waals surface area contributed by atoms with Crippen molar-refractivity contribution in [1.29, 1.82) is 0 Å². The third-order valence-electron chi connectivity index (χ3n) is 4.29. The van der Waals surface area contributed by atoms with E-state index in [1.165, 1.54) is 28.8 Å². The lowest BCUT2D eigenvalue weighted by molar-refractivity contribution is -0.138. The van der Waals surface area contributed by atoms with E-state index in [2.05, 4.69) is 5.32 Å². The van der Waals surface area contributed by atoms with Gasteiger partial charge in [0.25, 0.3) is 0 Å². The Labute approximate surface area is 184 Å². The summed E-state index contributed by atoms with van der Waals surface area (Å²) in [5.74, 6) is -0.498. The smallest absolute Gasteiger partial charge is 0.242 e. The molecule has 2 rings (SSSR count). The Hall–Kier alpha value is -1.76. The van der Waals surface area contributed by atoms with Crippen molar-refractivity contribution in [2.45, 2.75) is 32.2 Å². The molecule has 1 unspecified atom stereocenters. The minimum atomic E-state index is -0.654. The molecule has 0 heterocycles. The van der Waals surface area contributed by atoms with E-state index in [0.29, 0.717) is 22.2 Å². The maximum atomic E-state index is 13.9. The van der Waals surface area contributed by atoms with Crippen LogP contribution in [0.4, 0.5) is 4.39 Å². The first kappa shape index (κ1) is 23.5. The van der Waals surface area contributed by atoms with Crippen LogP contribution in [-0.4, -0.2) is 35.1 Å². The molecule has 0 aliphatic rings. The molecule has 0 aliphatic carbocycles. The minimum absolute atomic E-state index is 0.0922. The summed E-state index contributed by atoms with van der Waals surface area (Å²) in [6.07, 6.45) is 0. The molecular weight excluding hydrogens is 434 g/mol. The summed E-state index contributed by atoms with van der Waals surface area (Å²) >= 11 is 13.3. The molecule has 1 atom stereocenters. The number of hydrogen-bond donors (Lipinski definition) is 1. The molecule has 1 N–H and O–H groups in total. The van der Waals surface area contributed by atoms with Gasteiger partial charge in [-0.15, -0.1) is 11.8 Å². The molecular formula is C21H23Cl2FN2O2S. The van der Waals surface area contributed by atoms with Gasteiger partial charge < -0.3 is 10.2 Å². The second kappa shape index (κ2) is 11.4. The van der Waals surface area contributed by atoms with Gasteiger partial charge in [0, 0.05) is 34.5 Å². The molecule has 0 saturated heterocycles. The molecule has 2 amide bonds. The zero-order chi connectivity index (χ0) is 21.4. The number of rotatable bonds is 9. The standard InChI is InChI=1S/C21H23Cl2FN2O2S/c1-3-25-21(28)14(2)26(11-15-6-4-7-16(22)10-15)20(27)13-29-12-17-18(23)8-5-9-19(17)24/h4-10,14H,3,11-13H2,1-2H3,(H,25,28). The fourth-order valence-corrected chi connectivity index (χ4v) is 4.19. The zero-order valence-electron chi connectivity index (χ0n) is 16.3. The highest BCUT2D eigenvalue weighted by Gasteiger charge is 2.26. The van der Waals surface area contributed by atoms with E-state index < -0.39 is 11.9 Å². The van der Waals surface area contributed by atoms with Crippen LogP contribution >= 0.6 is 35.0 Å². The van der Waals surface area contributed by atoms with Gasteiger partial charge in [-0.1, -0.05) is 41.4 Å². The Kier molecular flexibility index (Phi) is 9.27. The molecule has 0 saturated carbocycles. The van der Waals surface area contributed by atoms with Crippen LogP contribution in [0.15, 0.2) is 42.5 Å². The zero-order valence-corrected chi connectivity index (χ0v) is 18.6. The first-order chi connectivity index (χ1) is 13.8. The van der Waals surface area contributed by atoms with E-state index in [0.717, 1.165) is 5.56 Å². The summed E-state index contributed by atoms with van der Waals surface area (Å²) in [6, 6.07) is 11.0. The summed E-state index contributed by atoms with van der Waals surface area (Å²) in [4.78, 5) is 26.7. The predicted octanol–water partition coefficient (Wildman–Crippen LogP) is 4.92. The van der Waals surface area contributed by atoms with Gasteiger partial charge in [-0.25, -0.2) is 4.39 Å². The average Bonchev–Trinajstić information content (AvgIpc) is 2.68. The van der Waals surface area contributed by atoms with Gasteiger partial charge >= 0.3 is 0 Å². The van der Waals surface area contributed by atoms with E-state index in [1.54, 1.807) is 31.2 Å². The van der Waals surface area contributed by atoms with E-state index in [4.69, 9.17) is 23.2 Å². The summed E-state index contributed by atoms with van der Waals surface area (Å²) in [7, 11) is 0. The number of halogens is 3. The fourth-order valence-electron chi connectivity index (χ4n) is 2.73. The van der Waals surface area contributed by atoms with Crippen LogP contribution < -0.4 is 5.32 Å². The highest BCUT2D eigenvalue weighted by atomic mass is 35.5. The number of hydrogen-bond acceptors (Lipinski definition) is 3. The molecule has 8 heteroatoms. The number of likely N-dealkylation sites (N-methyl/N-ethyl adjacent to an activating group) is 1. The van der Waals surface area contributed by atoms with Gasteiger partial charge in [0.05, 0.1) is 5.75 Å². The quantitative estimate of drug-likeness (QED) is 0.582. The Morgan fingerprint density at radius 1 is 1.21 bits per heavy atom. The van der Waals surface area contributed by atoms with Crippen LogP contribution in [0.25, 0.3) is 0 Å². The van der Waals surface area contributed by atoms with Crippen LogP contribution in [0.3, 0.4) is 0 Å². The van der Waals surface area contributed by atoms with Crippen molar-refractivity contribution < 1.29 is 14.0 Å². The molecule has 2 aromatic carbocycles. The third kappa shape index (κ3) is 6.91. The van der Waals surface area contributed by atoms with Crippen molar-refractivity contribution in [3.8, 4) is 0 Å². The van der Waals surface area contributed by atoms with Gasteiger partial charge in [-0.2, -0.15) is 0 Å². The average molecular weight is 457 g/mol. The van der Waals surface area contributed by atoms with E-state index in [1.807, 2.05) is 13.0 Å². The maximum absolute atomic E-state index is 13.9. The first-order valence-corrected chi connectivity index (χ1v) is 11.1. The van der Waals surface area contributed by atoms with Crippen molar-refractivity contribution in [2.24, 2.45) is 0 Å². The van der Waals surface area contributed by atoms with Crippen molar-refractivity contribution in [3.05, 3.63) is 69.5 Å². The Bertz CT molecular complexity index is 846. The molecule has 2 aromatic rings. The van der Waals surface area contributed by atoms with Crippen molar-refractivity contribution in [1.82, 2.24) is 10.2 Å². The van der Waals surface area contributed by atoms with Crippen LogP contribution in [0.2, 0.25) is 10.0 Å². The van der Waals surface area contributed by atoms with Crippen molar-refractivity contribution in [2.75, 3.05) is 12.3 Å². The molecule has 0 bridgehead atoms. The van der Waals surface area contributed by atoms with Crippen molar-refractivity contribution in [3.63, 3.8) is 0 Å². The number of benzene rings is 2. The van der Waals surface area contributed by atoms with E-state index in [-0.39, 0.29) is 29.9 Å². The molecule has 156 valence electrons. The van der Waals surface area contributed by atoms with Crippen LogP contribution in [-0.2, 0) is 21.9 Å². The Balaban J connectivity index is 2.10. The van der Waals surface area contributed by atoms with E-state index >= 15 is 0 Å². The number of amides is 2. The summed E-state index contributed by atoms with van der Waals surface area (Å²) in [5.41, 5.74) is 1.19. The second-order valence-corrected chi connectivity index (χ2v) is 8.24. The molecule has 0 aromatic heterocycles. The monoisotopic (exact) mass is 456 g/mol. The number of carbonyl (C=O) groups excluding carboxylic acids is 2.